The van der Waals surface area contributed by atoms with E-state index in [4.69, 9.17) is 61.4 Å². The van der Waals surface area contributed by atoms with Gasteiger partial charge in [0.15, 0.2) is 0 Å². The van der Waals surface area contributed by atoms with Crippen LogP contribution in [0, 0.1) is 46.6 Å². The van der Waals surface area contributed by atoms with E-state index in [0.717, 1.165) is 125 Å². The van der Waals surface area contributed by atoms with Gasteiger partial charge in [-0.2, -0.15) is 0 Å². The van der Waals surface area contributed by atoms with Crippen LogP contribution in [0.25, 0.3) is 48.2 Å². The van der Waals surface area contributed by atoms with Crippen LogP contribution < -0.4 is 5.32 Å². The summed E-state index contributed by atoms with van der Waals surface area (Å²) in [4.78, 5) is 52.9. The van der Waals surface area contributed by atoms with E-state index in [1.807, 2.05) is 67.1 Å². The molecule has 0 saturated carbocycles. The van der Waals surface area contributed by atoms with E-state index in [2.05, 4.69) is 165 Å². The predicted molar refractivity (Wildman–Crippen MR) is 448 cm³/mol. The van der Waals surface area contributed by atoms with Gasteiger partial charge in [0.2, 0.25) is 5.91 Å². The molecule has 4 atom stereocenters. The van der Waals surface area contributed by atoms with Crippen LogP contribution in [-0.2, 0) is 4.79 Å². The molecule has 560 valence electrons. The molecular formula is C89H101BrCl4N10O3. The third-order valence-electron chi connectivity index (χ3n) is 23.5. The van der Waals surface area contributed by atoms with E-state index in [9.17, 15) is 14.9 Å². The number of carbonyl (C=O) groups excluding carboxylic acids is 1. The van der Waals surface area contributed by atoms with Crippen LogP contribution in [0.4, 0.5) is 0 Å². The van der Waals surface area contributed by atoms with Gasteiger partial charge >= 0.3 is 0 Å². The summed E-state index contributed by atoms with van der Waals surface area (Å²) in [5, 5.41) is 18.0. The Hall–Kier alpha value is -7.21. The van der Waals surface area contributed by atoms with Gasteiger partial charge in [0.05, 0.1) is 33.3 Å². The van der Waals surface area contributed by atoms with Crippen molar-refractivity contribution in [3.05, 3.63) is 264 Å². The molecule has 1 amide bonds. The minimum Gasteiger partial charge on any atom is -0.343 e. The third kappa shape index (κ3) is 18.5. The van der Waals surface area contributed by atoms with Gasteiger partial charge in [0.25, 0.3) is 5.70 Å². The van der Waals surface area contributed by atoms with Gasteiger partial charge in [0.1, 0.15) is 0 Å². The molecular weight excluding hydrogens is 1480 g/mol. The number of hydrogen-bond acceptors (Lipinski definition) is 11. The molecule has 4 aromatic heterocycles. The lowest BCUT2D eigenvalue weighted by atomic mass is 9.76. The molecule has 1 N–H and O–H groups in total. The van der Waals surface area contributed by atoms with E-state index < -0.39 is 0 Å². The molecule has 4 unspecified atom stereocenters. The lowest BCUT2D eigenvalue weighted by Crippen LogP contribution is -2.41. The van der Waals surface area contributed by atoms with Gasteiger partial charge in [-0.1, -0.05) is 134 Å². The van der Waals surface area contributed by atoms with Crippen molar-refractivity contribution < 1.29 is 9.72 Å². The molecule has 107 heavy (non-hydrogen) atoms. The number of pyridine rings is 4. The first-order valence-electron chi connectivity index (χ1n) is 37.6. The number of halogens is 5. The first-order valence-corrected chi connectivity index (χ1v) is 39.9. The maximum Gasteiger partial charge on any atom is 0.277 e. The van der Waals surface area contributed by atoms with Crippen molar-refractivity contribution in [1.29, 1.82) is 0 Å². The third-order valence-corrected chi connectivity index (χ3v) is 24.9. The number of hydrogen-bond donors (Lipinski definition) is 1. The normalized spacial score (nSPS) is 20.9. The Morgan fingerprint density at radius 2 is 0.860 bits per heavy atom. The molecule has 0 spiro atoms. The molecule has 5 aliphatic heterocycles. The Morgan fingerprint density at radius 3 is 1.34 bits per heavy atom. The predicted octanol–water partition coefficient (Wildman–Crippen LogP) is 21.0. The molecule has 9 heterocycles. The summed E-state index contributed by atoms with van der Waals surface area (Å²) in [5.41, 5.74) is 19.6. The molecule has 17 rings (SSSR count). The summed E-state index contributed by atoms with van der Waals surface area (Å²) < 4.78 is 0.988. The number of aromatic nitrogens is 4. The second-order valence-electron chi connectivity index (χ2n) is 30.4. The quantitative estimate of drug-likeness (QED) is 0.121. The largest absolute Gasteiger partial charge is 0.343 e. The highest BCUT2D eigenvalue weighted by Gasteiger charge is 2.40. The molecule has 5 fully saturated rings. The number of amides is 1. The number of rotatable bonds is 7. The minimum atomic E-state index is -0.316. The molecule has 5 saturated heterocycles. The standard InChI is InChI=1S/C26H29BrClN3O.C21H23ClN2.C20H20ClN3O2.C20H21ClN2.2CH4/c27-21-14-20-2-1-19-15-22(28)3-4-23(19)25(26(20)30-16-21)18-7-11-31(12-8-18)24(32)13-17-5-9-29-10-6-17;1-14-11-17-4-3-16-12-18(22)5-6-19(16)20(21(17)23-13-14)15-7-9-24(2)10-8-15;1-23-9-6-13(7-10-23)19-16-5-4-15(21)12-17(16)18(24(25)26)11-14-3-2-8-22-20(14)19;1-23-11-8-14(9-12-23)19-18-7-6-17(21)13-16(18)5-4-15-3-2-10-22-20(15)19;;/h1-4,14-18,25,29H,5-13H2;3-6,11-13,15,20H,7-10H2,1-2H3;2-5,8,11-13,19H,6-7,9-10H2,1H3;2-7,10,13-14,19H,8-9,11-12H2,1H3;2*1H4. The molecule has 4 aromatic carbocycles. The zero-order valence-corrected chi connectivity index (χ0v) is 65.0. The van der Waals surface area contributed by atoms with Crippen molar-refractivity contribution in [2.75, 3.05) is 86.6 Å². The fourth-order valence-electron chi connectivity index (χ4n) is 17.9. The Bertz CT molecular complexity index is 4490. The maximum absolute atomic E-state index is 12.9. The highest BCUT2D eigenvalue weighted by molar-refractivity contribution is 9.10. The summed E-state index contributed by atoms with van der Waals surface area (Å²) in [5.74, 6) is 3.98. The van der Waals surface area contributed by atoms with Crippen molar-refractivity contribution in [3.8, 4) is 0 Å². The molecule has 18 heteroatoms. The number of aryl methyl sites for hydroxylation is 1. The maximum atomic E-state index is 12.9. The second kappa shape index (κ2) is 36.1. The average molecular weight is 1580 g/mol. The van der Waals surface area contributed by atoms with Gasteiger partial charge in [-0.3, -0.25) is 34.8 Å². The average Bonchev–Trinajstić information content (AvgIpc) is 1.72. The van der Waals surface area contributed by atoms with Crippen molar-refractivity contribution in [1.82, 2.24) is 44.9 Å². The summed E-state index contributed by atoms with van der Waals surface area (Å²) in [6.07, 6.45) is 34.3. The van der Waals surface area contributed by atoms with Gasteiger partial charge in [-0.25, -0.2) is 0 Å². The zero-order valence-electron chi connectivity index (χ0n) is 60.4. The van der Waals surface area contributed by atoms with Crippen LogP contribution in [0.1, 0.15) is 204 Å². The van der Waals surface area contributed by atoms with E-state index in [1.54, 1.807) is 18.3 Å². The van der Waals surface area contributed by atoms with Gasteiger partial charge in [0, 0.05) is 104 Å². The summed E-state index contributed by atoms with van der Waals surface area (Å²) >= 11 is 28.6. The number of likely N-dealkylation sites (tertiary alicyclic amines) is 4. The van der Waals surface area contributed by atoms with Crippen LogP contribution in [0.3, 0.4) is 0 Å². The van der Waals surface area contributed by atoms with Crippen LogP contribution in [0.2, 0.25) is 20.1 Å². The minimum absolute atomic E-state index is 0. The van der Waals surface area contributed by atoms with Gasteiger partial charge < -0.3 is 24.9 Å². The van der Waals surface area contributed by atoms with Crippen LogP contribution in [0.5, 0.6) is 0 Å². The van der Waals surface area contributed by atoms with Crippen molar-refractivity contribution in [2.24, 2.45) is 29.6 Å². The lowest BCUT2D eigenvalue weighted by molar-refractivity contribution is -0.374. The fourth-order valence-corrected chi connectivity index (χ4v) is 18.9. The molecule has 4 aliphatic carbocycles. The number of fused-ring (bicyclic) bond motifs is 8. The van der Waals surface area contributed by atoms with E-state index in [1.165, 1.54) is 113 Å². The van der Waals surface area contributed by atoms with Crippen LogP contribution in [-0.4, -0.2) is 137 Å². The second-order valence-corrected chi connectivity index (χ2v) is 33.0. The van der Waals surface area contributed by atoms with E-state index in [-0.39, 0.29) is 37.3 Å². The first-order chi connectivity index (χ1) is 51.0. The Morgan fingerprint density at radius 1 is 0.477 bits per heavy atom. The molecule has 8 aromatic rings. The van der Waals surface area contributed by atoms with Crippen molar-refractivity contribution >= 4 is 116 Å². The summed E-state index contributed by atoms with van der Waals surface area (Å²) in [7, 11) is 6.56. The topological polar surface area (TPSA) is 137 Å². The van der Waals surface area contributed by atoms with Gasteiger partial charge in [-0.15, -0.1) is 0 Å². The fraction of sp³-hybridized carbons (Fsp3) is 0.404. The molecule has 0 radical (unpaired) electrons. The number of benzene rings is 4. The first kappa shape index (κ1) is 79.3. The molecule has 9 aliphatic rings. The Labute approximate surface area is 662 Å². The Kier molecular flexibility index (Phi) is 26.8. The number of piperidine rings is 5. The molecule has 0 bridgehead atoms. The van der Waals surface area contributed by atoms with Gasteiger partial charge in [-0.05, 0) is 324 Å². The van der Waals surface area contributed by atoms with Crippen molar-refractivity contribution in [2.45, 2.75) is 116 Å². The number of carbonyl (C=O) groups is 1. The molecule has 13 nitrogen and oxygen atoms in total. The smallest absolute Gasteiger partial charge is 0.277 e. The lowest BCUT2D eigenvalue weighted by Gasteiger charge is -2.37. The SMILES string of the molecule is C.C.CN1CCC(C2c3ccc(Cl)cc3C([N+](=O)[O-])=Cc3cccnc32)CC1.CN1CCC(C2c3ccc(Cl)cc3C=Cc3cccnc32)CC1.Cc1cnc2c(c1)C=Cc1cc(Cl)ccc1C2C1CCN(C)CC1.O=C(CC1CCNCC1)N1CCC(C2c3ccc(Cl)cc3C=Cc3cc(Br)cnc32)CC1. The number of nitrogens with zero attached hydrogens (tertiary/aromatic N) is 9. The number of nitrogens with one attached hydrogen (secondary N) is 1. The van der Waals surface area contributed by atoms with Crippen LogP contribution in [0.15, 0.2) is 138 Å². The van der Waals surface area contributed by atoms with E-state index >= 15 is 0 Å². The van der Waals surface area contributed by atoms with Crippen LogP contribution >= 0.6 is 62.3 Å². The van der Waals surface area contributed by atoms with Crippen molar-refractivity contribution in [3.63, 3.8) is 0 Å². The number of nitro groups is 1. The highest BCUT2D eigenvalue weighted by Crippen LogP contribution is 2.49. The zero-order chi connectivity index (χ0) is 72.8. The Balaban J connectivity index is 0.000000134. The highest BCUT2D eigenvalue weighted by atomic mass is 79.9. The monoisotopic (exact) mass is 1580 g/mol. The summed E-state index contributed by atoms with van der Waals surface area (Å²) in [6, 6.07) is 36.7. The van der Waals surface area contributed by atoms with E-state index in [0.29, 0.717) is 64.3 Å². The summed E-state index contributed by atoms with van der Waals surface area (Å²) in [6.45, 7) is 12.6.